The highest BCUT2D eigenvalue weighted by atomic mass is 16.5. The number of hydrogen-bond donors (Lipinski definition) is 1. The lowest BCUT2D eigenvalue weighted by Crippen LogP contribution is -2.43. The number of nitrogens with one attached hydrogen (secondary N) is 1. The maximum absolute atomic E-state index is 5.60. The number of benzene rings is 1. The Morgan fingerprint density at radius 2 is 2.16 bits per heavy atom. The summed E-state index contributed by atoms with van der Waals surface area (Å²) in [6.07, 6.45) is 2.13. The van der Waals surface area contributed by atoms with E-state index in [1.54, 1.807) is 7.11 Å². The van der Waals surface area contributed by atoms with Crippen molar-refractivity contribution in [1.29, 1.82) is 0 Å². The molecule has 2 rings (SSSR count). The highest BCUT2D eigenvalue weighted by Gasteiger charge is 2.34. The van der Waals surface area contributed by atoms with E-state index < -0.39 is 0 Å². The van der Waals surface area contributed by atoms with E-state index in [2.05, 4.69) is 42.6 Å². The Morgan fingerprint density at radius 3 is 2.79 bits per heavy atom. The van der Waals surface area contributed by atoms with Gasteiger partial charge in [-0.25, -0.2) is 0 Å². The Kier molecular flexibility index (Phi) is 5.37. The third kappa shape index (κ3) is 4.03. The van der Waals surface area contributed by atoms with Gasteiger partial charge in [0.25, 0.3) is 0 Å². The van der Waals surface area contributed by atoms with Gasteiger partial charge in [-0.1, -0.05) is 37.3 Å². The van der Waals surface area contributed by atoms with Crippen LogP contribution in [0.4, 0.5) is 0 Å². The standard InChI is InChI=1S/C16H25NO2/c1-14(15-6-4-3-5-7-15)8-10-17-12-16(18-2)9-11-19-13-16/h3-7,14,17H,8-13H2,1-2H3. The first-order valence-corrected chi connectivity index (χ1v) is 7.14. The predicted molar refractivity (Wildman–Crippen MR) is 77.5 cm³/mol. The highest BCUT2D eigenvalue weighted by Crippen LogP contribution is 2.22. The molecule has 0 aromatic heterocycles. The van der Waals surface area contributed by atoms with Crippen molar-refractivity contribution >= 4 is 0 Å². The van der Waals surface area contributed by atoms with Crippen molar-refractivity contribution in [1.82, 2.24) is 5.32 Å². The first-order chi connectivity index (χ1) is 9.26. The zero-order chi connectivity index (χ0) is 13.6. The van der Waals surface area contributed by atoms with Crippen molar-refractivity contribution in [2.24, 2.45) is 0 Å². The van der Waals surface area contributed by atoms with Crippen LogP contribution in [0.15, 0.2) is 30.3 Å². The first-order valence-electron chi connectivity index (χ1n) is 7.14. The lowest BCUT2D eigenvalue weighted by Gasteiger charge is -2.26. The van der Waals surface area contributed by atoms with Crippen molar-refractivity contribution < 1.29 is 9.47 Å². The normalized spacial score (nSPS) is 24.5. The summed E-state index contributed by atoms with van der Waals surface area (Å²) in [6.45, 7) is 5.70. The van der Waals surface area contributed by atoms with E-state index in [0.29, 0.717) is 12.5 Å². The molecule has 1 aromatic carbocycles. The van der Waals surface area contributed by atoms with E-state index in [9.17, 15) is 0 Å². The number of ether oxygens (including phenoxy) is 2. The molecule has 1 aliphatic heterocycles. The maximum Gasteiger partial charge on any atom is 0.106 e. The molecule has 1 aromatic rings. The Hall–Kier alpha value is -0.900. The van der Waals surface area contributed by atoms with Gasteiger partial charge in [0.15, 0.2) is 0 Å². The van der Waals surface area contributed by atoms with Crippen LogP contribution in [0, 0.1) is 0 Å². The minimum Gasteiger partial charge on any atom is -0.378 e. The summed E-state index contributed by atoms with van der Waals surface area (Å²) in [5.41, 5.74) is 1.31. The minimum absolute atomic E-state index is 0.101. The monoisotopic (exact) mass is 263 g/mol. The molecule has 3 heteroatoms. The second kappa shape index (κ2) is 7.04. The van der Waals surface area contributed by atoms with Crippen molar-refractivity contribution in [2.45, 2.75) is 31.3 Å². The minimum atomic E-state index is -0.101. The van der Waals surface area contributed by atoms with Gasteiger partial charge in [0, 0.05) is 26.7 Å². The molecule has 19 heavy (non-hydrogen) atoms. The molecule has 3 nitrogen and oxygen atoms in total. The Balaban J connectivity index is 1.69. The van der Waals surface area contributed by atoms with Crippen molar-refractivity contribution in [2.75, 3.05) is 33.4 Å². The van der Waals surface area contributed by atoms with E-state index in [1.165, 1.54) is 5.56 Å². The van der Waals surface area contributed by atoms with Crippen LogP contribution in [0.25, 0.3) is 0 Å². The van der Waals surface area contributed by atoms with Crippen molar-refractivity contribution in [3.05, 3.63) is 35.9 Å². The van der Waals surface area contributed by atoms with Gasteiger partial charge in [0.2, 0.25) is 0 Å². The Morgan fingerprint density at radius 1 is 1.37 bits per heavy atom. The van der Waals surface area contributed by atoms with Crippen LogP contribution >= 0.6 is 0 Å². The molecular weight excluding hydrogens is 238 g/mol. The number of rotatable bonds is 7. The Labute approximate surface area is 116 Å². The first kappa shape index (κ1) is 14.5. The van der Waals surface area contributed by atoms with E-state index >= 15 is 0 Å². The van der Waals surface area contributed by atoms with Crippen molar-refractivity contribution in [3.63, 3.8) is 0 Å². The van der Waals surface area contributed by atoms with Crippen LogP contribution in [0.1, 0.15) is 31.2 Å². The van der Waals surface area contributed by atoms with Crippen LogP contribution in [0.5, 0.6) is 0 Å². The molecule has 0 amide bonds. The van der Waals surface area contributed by atoms with Gasteiger partial charge in [0.1, 0.15) is 5.60 Å². The molecule has 0 radical (unpaired) electrons. The molecule has 106 valence electrons. The molecule has 1 saturated heterocycles. The zero-order valence-corrected chi connectivity index (χ0v) is 12.0. The predicted octanol–water partition coefficient (Wildman–Crippen LogP) is 2.58. The van der Waals surface area contributed by atoms with Gasteiger partial charge in [-0.2, -0.15) is 0 Å². The number of hydrogen-bond acceptors (Lipinski definition) is 3. The van der Waals surface area contributed by atoms with Crippen LogP contribution in [0.2, 0.25) is 0 Å². The second-order valence-electron chi connectivity index (χ2n) is 5.47. The fourth-order valence-corrected chi connectivity index (χ4v) is 2.54. The van der Waals surface area contributed by atoms with Gasteiger partial charge in [-0.05, 0) is 24.4 Å². The third-order valence-electron chi connectivity index (χ3n) is 4.07. The lowest BCUT2D eigenvalue weighted by molar-refractivity contribution is -0.0156. The second-order valence-corrected chi connectivity index (χ2v) is 5.47. The summed E-state index contributed by atoms with van der Waals surface area (Å²) in [5.74, 6) is 0.590. The topological polar surface area (TPSA) is 30.5 Å². The van der Waals surface area contributed by atoms with Crippen LogP contribution < -0.4 is 5.32 Å². The summed E-state index contributed by atoms with van der Waals surface area (Å²) >= 11 is 0. The highest BCUT2D eigenvalue weighted by molar-refractivity contribution is 5.18. The molecule has 0 saturated carbocycles. The molecule has 0 aliphatic carbocycles. The van der Waals surface area contributed by atoms with Crippen molar-refractivity contribution in [3.8, 4) is 0 Å². The summed E-state index contributed by atoms with van der Waals surface area (Å²) in [5, 5.41) is 3.51. The average molecular weight is 263 g/mol. The molecular formula is C16H25NO2. The maximum atomic E-state index is 5.60. The molecule has 1 fully saturated rings. The van der Waals surface area contributed by atoms with E-state index in [0.717, 1.165) is 32.5 Å². The summed E-state index contributed by atoms with van der Waals surface area (Å²) in [4.78, 5) is 0. The van der Waals surface area contributed by atoms with Crippen LogP contribution in [0.3, 0.4) is 0 Å². The molecule has 0 bridgehead atoms. The molecule has 1 N–H and O–H groups in total. The van der Waals surface area contributed by atoms with Crippen LogP contribution in [-0.2, 0) is 9.47 Å². The zero-order valence-electron chi connectivity index (χ0n) is 12.0. The fraction of sp³-hybridized carbons (Fsp3) is 0.625. The summed E-state index contributed by atoms with van der Waals surface area (Å²) < 4.78 is 11.0. The molecule has 1 heterocycles. The molecule has 2 unspecified atom stereocenters. The quantitative estimate of drug-likeness (QED) is 0.767. The lowest BCUT2D eigenvalue weighted by atomic mass is 9.97. The van der Waals surface area contributed by atoms with E-state index in [1.807, 2.05) is 0 Å². The molecule has 2 atom stereocenters. The molecule has 1 aliphatic rings. The molecule has 0 spiro atoms. The van der Waals surface area contributed by atoms with Gasteiger partial charge in [-0.15, -0.1) is 0 Å². The summed E-state index contributed by atoms with van der Waals surface area (Å²) in [7, 11) is 1.78. The van der Waals surface area contributed by atoms with Gasteiger partial charge < -0.3 is 14.8 Å². The van der Waals surface area contributed by atoms with Gasteiger partial charge in [0.05, 0.1) is 6.61 Å². The fourth-order valence-electron chi connectivity index (χ4n) is 2.54. The van der Waals surface area contributed by atoms with Crippen LogP contribution in [-0.4, -0.2) is 39.0 Å². The SMILES string of the molecule is COC1(CNCCC(C)c2ccccc2)CCOC1. The third-order valence-corrected chi connectivity index (χ3v) is 4.07. The average Bonchev–Trinajstić information content (AvgIpc) is 2.94. The smallest absolute Gasteiger partial charge is 0.106 e. The largest absolute Gasteiger partial charge is 0.378 e. The summed E-state index contributed by atoms with van der Waals surface area (Å²) in [6, 6.07) is 10.7. The van der Waals surface area contributed by atoms with Gasteiger partial charge in [-0.3, -0.25) is 0 Å². The van der Waals surface area contributed by atoms with E-state index in [4.69, 9.17) is 9.47 Å². The van der Waals surface area contributed by atoms with Gasteiger partial charge >= 0.3 is 0 Å². The Bertz CT molecular complexity index is 360. The van der Waals surface area contributed by atoms with E-state index in [-0.39, 0.29) is 5.60 Å². The number of methoxy groups -OCH3 is 1.